The summed E-state index contributed by atoms with van der Waals surface area (Å²) in [5.41, 5.74) is 4.54. The lowest BCUT2D eigenvalue weighted by Crippen LogP contribution is -2.06. The standard InChI is InChI=1S/C26H24N4/c1-5-7-8-10-14-20(3)25-28-29-26(21-15-11-9-12-16-21)30(25)24-18-13-17-22(19-27-4)23(24)6-2/h5-19H,1-3H2,4H3/b8-7-,14-10-,27-19?. The Labute approximate surface area is 177 Å². The second-order valence-corrected chi connectivity index (χ2v) is 6.43. The van der Waals surface area contributed by atoms with Gasteiger partial charge in [-0.05, 0) is 6.07 Å². The van der Waals surface area contributed by atoms with Crippen LogP contribution in [-0.4, -0.2) is 28.0 Å². The van der Waals surface area contributed by atoms with Crippen LogP contribution in [0.4, 0.5) is 0 Å². The van der Waals surface area contributed by atoms with Crippen molar-refractivity contribution in [3.8, 4) is 17.1 Å². The fraction of sp³-hybridized carbons (Fsp3) is 0.0385. The van der Waals surface area contributed by atoms with E-state index in [4.69, 9.17) is 0 Å². The quantitative estimate of drug-likeness (QED) is 0.352. The zero-order valence-electron chi connectivity index (χ0n) is 17.1. The van der Waals surface area contributed by atoms with Gasteiger partial charge in [0, 0.05) is 35.5 Å². The second-order valence-electron chi connectivity index (χ2n) is 6.43. The van der Waals surface area contributed by atoms with Crippen LogP contribution < -0.4 is 0 Å². The summed E-state index contributed by atoms with van der Waals surface area (Å²) in [5.74, 6) is 1.39. The molecule has 30 heavy (non-hydrogen) atoms. The van der Waals surface area contributed by atoms with Crippen molar-refractivity contribution in [3.05, 3.63) is 116 Å². The van der Waals surface area contributed by atoms with Crippen molar-refractivity contribution < 1.29 is 0 Å². The van der Waals surface area contributed by atoms with Crippen LogP contribution in [0.2, 0.25) is 0 Å². The maximum atomic E-state index is 4.50. The lowest BCUT2D eigenvalue weighted by atomic mass is 10.0. The lowest BCUT2D eigenvalue weighted by Gasteiger charge is -2.15. The summed E-state index contributed by atoms with van der Waals surface area (Å²) in [7, 11) is 1.75. The molecule has 0 N–H and O–H groups in total. The molecule has 0 spiro atoms. The zero-order valence-corrected chi connectivity index (χ0v) is 17.1. The molecule has 0 aliphatic rings. The Hall–Kier alpha value is -4.05. The first-order chi connectivity index (χ1) is 14.7. The van der Waals surface area contributed by atoms with Crippen LogP contribution in [0.1, 0.15) is 17.0 Å². The Balaban J connectivity index is 2.25. The molecule has 4 nitrogen and oxygen atoms in total. The van der Waals surface area contributed by atoms with Crippen LogP contribution in [-0.2, 0) is 0 Å². The monoisotopic (exact) mass is 392 g/mol. The van der Waals surface area contributed by atoms with Crippen molar-refractivity contribution in [3.63, 3.8) is 0 Å². The Morgan fingerprint density at radius 1 is 0.967 bits per heavy atom. The largest absolute Gasteiger partial charge is 0.296 e. The van der Waals surface area contributed by atoms with Crippen LogP contribution in [0.5, 0.6) is 0 Å². The first kappa shape index (κ1) is 20.7. The smallest absolute Gasteiger partial charge is 0.168 e. The third kappa shape index (κ3) is 4.33. The Morgan fingerprint density at radius 3 is 2.47 bits per heavy atom. The Kier molecular flexibility index (Phi) is 6.85. The SMILES string of the molecule is C=C/C=C\C=C/C(=C)c1nnc(-c2ccccc2)n1-c1cccc(C=NC)c1C=C. The van der Waals surface area contributed by atoms with Gasteiger partial charge in [-0.15, -0.1) is 10.2 Å². The summed E-state index contributed by atoms with van der Waals surface area (Å²) in [5, 5.41) is 8.96. The van der Waals surface area contributed by atoms with E-state index in [0.29, 0.717) is 5.82 Å². The summed E-state index contributed by atoms with van der Waals surface area (Å²) in [6.07, 6.45) is 12.9. The third-order valence-corrected chi connectivity index (χ3v) is 4.47. The average Bonchev–Trinajstić information content (AvgIpc) is 3.22. The topological polar surface area (TPSA) is 43.1 Å². The van der Waals surface area contributed by atoms with Gasteiger partial charge in [0.2, 0.25) is 0 Å². The van der Waals surface area contributed by atoms with Gasteiger partial charge in [-0.3, -0.25) is 9.56 Å². The number of hydrogen-bond acceptors (Lipinski definition) is 3. The van der Waals surface area contributed by atoms with Crippen LogP contribution in [0, 0.1) is 0 Å². The first-order valence-electron chi connectivity index (χ1n) is 9.55. The van der Waals surface area contributed by atoms with E-state index in [1.54, 1.807) is 13.1 Å². The molecule has 1 aromatic heterocycles. The average molecular weight is 393 g/mol. The highest BCUT2D eigenvalue weighted by Crippen LogP contribution is 2.29. The van der Waals surface area contributed by atoms with Crippen molar-refractivity contribution in [1.29, 1.82) is 0 Å². The van der Waals surface area contributed by atoms with Crippen LogP contribution in [0.25, 0.3) is 28.7 Å². The summed E-state index contributed by atoms with van der Waals surface area (Å²) in [6, 6.07) is 16.0. The fourth-order valence-electron chi connectivity index (χ4n) is 3.12. The second kappa shape index (κ2) is 9.94. The van der Waals surface area contributed by atoms with Gasteiger partial charge >= 0.3 is 0 Å². The zero-order chi connectivity index (χ0) is 21.3. The van der Waals surface area contributed by atoms with E-state index >= 15 is 0 Å². The molecule has 0 atom stereocenters. The van der Waals surface area contributed by atoms with Crippen molar-refractivity contribution in [1.82, 2.24) is 14.8 Å². The van der Waals surface area contributed by atoms with Gasteiger partial charge < -0.3 is 0 Å². The Bertz CT molecular complexity index is 1150. The molecule has 4 heteroatoms. The molecule has 0 amide bonds. The van der Waals surface area contributed by atoms with Gasteiger partial charge in [-0.25, -0.2) is 0 Å². The number of aromatic nitrogens is 3. The number of hydrogen-bond donors (Lipinski definition) is 0. The molecule has 0 saturated heterocycles. The van der Waals surface area contributed by atoms with Gasteiger partial charge in [-0.2, -0.15) is 0 Å². The number of aliphatic imine (C=N–C) groups is 1. The van der Waals surface area contributed by atoms with Crippen molar-refractivity contribution in [2.75, 3.05) is 7.05 Å². The van der Waals surface area contributed by atoms with Gasteiger partial charge in [0.25, 0.3) is 0 Å². The summed E-state index contributed by atoms with van der Waals surface area (Å²) >= 11 is 0. The van der Waals surface area contributed by atoms with E-state index < -0.39 is 0 Å². The maximum absolute atomic E-state index is 4.50. The molecular formula is C26H24N4. The molecule has 148 valence electrons. The summed E-state index contributed by atoms with van der Waals surface area (Å²) in [4.78, 5) is 4.18. The molecule has 2 aromatic carbocycles. The van der Waals surface area contributed by atoms with E-state index in [1.807, 2.05) is 89.7 Å². The normalized spacial score (nSPS) is 11.5. The highest BCUT2D eigenvalue weighted by atomic mass is 15.3. The van der Waals surface area contributed by atoms with Crippen LogP contribution in [0.15, 0.2) is 104 Å². The fourth-order valence-corrected chi connectivity index (χ4v) is 3.12. The number of rotatable bonds is 8. The molecule has 0 radical (unpaired) electrons. The first-order valence-corrected chi connectivity index (χ1v) is 9.55. The maximum Gasteiger partial charge on any atom is 0.168 e. The predicted molar refractivity (Wildman–Crippen MR) is 128 cm³/mol. The van der Waals surface area contributed by atoms with Crippen molar-refractivity contribution in [2.45, 2.75) is 0 Å². The minimum Gasteiger partial charge on any atom is -0.296 e. The molecule has 0 unspecified atom stereocenters. The molecule has 0 saturated carbocycles. The van der Waals surface area contributed by atoms with Gasteiger partial charge in [-0.1, -0.05) is 98.7 Å². The van der Waals surface area contributed by atoms with Gasteiger partial charge in [0.05, 0.1) is 5.69 Å². The minimum absolute atomic E-state index is 0.658. The van der Waals surface area contributed by atoms with Crippen molar-refractivity contribution in [2.24, 2.45) is 4.99 Å². The number of nitrogens with zero attached hydrogens (tertiary/aromatic N) is 4. The lowest BCUT2D eigenvalue weighted by molar-refractivity contribution is 1.03. The predicted octanol–water partition coefficient (Wildman–Crippen LogP) is 5.94. The van der Waals surface area contributed by atoms with Crippen molar-refractivity contribution >= 4 is 17.9 Å². The summed E-state index contributed by atoms with van der Waals surface area (Å²) in [6.45, 7) is 11.9. The third-order valence-electron chi connectivity index (χ3n) is 4.47. The summed E-state index contributed by atoms with van der Waals surface area (Å²) < 4.78 is 2.02. The highest BCUT2D eigenvalue weighted by molar-refractivity contribution is 5.88. The molecule has 3 aromatic rings. The Morgan fingerprint density at radius 2 is 1.77 bits per heavy atom. The highest BCUT2D eigenvalue weighted by Gasteiger charge is 2.19. The molecule has 1 heterocycles. The molecular weight excluding hydrogens is 368 g/mol. The van der Waals surface area contributed by atoms with Gasteiger partial charge in [0.15, 0.2) is 11.6 Å². The molecule has 0 bridgehead atoms. The van der Waals surface area contributed by atoms with E-state index in [2.05, 4.69) is 34.9 Å². The minimum atomic E-state index is 0.658. The van der Waals surface area contributed by atoms with Crippen LogP contribution in [0.3, 0.4) is 0 Å². The molecule has 3 rings (SSSR count). The van der Waals surface area contributed by atoms with Gasteiger partial charge in [0.1, 0.15) is 0 Å². The molecule has 0 aliphatic heterocycles. The number of allylic oxidation sites excluding steroid dienone is 6. The van der Waals surface area contributed by atoms with E-state index in [9.17, 15) is 0 Å². The van der Waals surface area contributed by atoms with Crippen LogP contribution >= 0.6 is 0 Å². The van der Waals surface area contributed by atoms with E-state index in [1.165, 1.54) is 0 Å². The van der Waals surface area contributed by atoms with E-state index in [0.717, 1.165) is 33.8 Å². The number of benzene rings is 2. The molecule has 0 aliphatic carbocycles. The van der Waals surface area contributed by atoms with E-state index in [-0.39, 0.29) is 0 Å². The molecule has 0 fully saturated rings.